The standard InChI is InChI=1S/C17H19ClN2O2/c1-13-6-7-16(22-13)17(21)20-10-8-19(9-11-20)12-14-4-2-3-5-15(14)18/h2-7H,8-12H2,1H3. The fourth-order valence-electron chi connectivity index (χ4n) is 2.68. The predicted octanol–water partition coefficient (Wildman–Crippen LogP) is 3.20. The fourth-order valence-corrected chi connectivity index (χ4v) is 2.88. The van der Waals surface area contributed by atoms with Crippen LogP contribution in [-0.4, -0.2) is 41.9 Å². The number of carbonyl (C=O) groups is 1. The number of rotatable bonds is 3. The van der Waals surface area contributed by atoms with Crippen molar-refractivity contribution in [3.63, 3.8) is 0 Å². The van der Waals surface area contributed by atoms with E-state index in [4.69, 9.17) is 16.0 Å². The van der Waals surface area contributed by atoms with Gasteiger partial charge in [0.2, 0.25) is 0 Å². The van der Waals surface area contributed by atoms with Gasteiger partial charge in [-0.25, -0.2) is 0 Å². The van der Waals surface area contributed by atoms with Gasteiger partial charge in [-0.05, 0) is 30.7 Å². The minimum atomic E-state index is -0.0227. The van der Waals surface area contributed by atoms with Crippen molar-refractivity contribution in [2.24, 2.45) is 0 Å². The molecule has 2 aromatic rings. The summed E-state index contributed by atoms with van der Waals surface area (Å²) in [6.45, 7) is 5.78. The van der Waals surface area contributed by atoms with Gasteiger partial charge in [-0.2, -0.15) is 0 Å². The Hall–Kier alpha value is -1.78. The lowest BCUT2D eigenvalue weighted by atomic mass is 10.2. The first-order chi connectivity index (χ1) is 10.6. The number of carbonyl (C=O) groups excluding carboxylic acids is 1. The van der Waals surface area contributed by atoms with Crippen molar-refractivity contribution >= 4 is 17.5 Å². The summed E-state index contributed by atoms with van der Waals surface area (Å²) in [5.41, 5.74) is 1.13. The molecule has 0 atom stereocenters. The summed E-state index contributed by atoms with van der Waals surface area (Å²) >= 11 is 6.20. The maximum Gasteiger partial charge on any atom is 0.289 e. The molecule has 5 heteroatoms. The smallest absolute Gasteiger partial charge is 0.289 e. The van der Waals surface area contributed by atoms with Crippen LogP contribution in [0.2, 0.25) is 5.02 Å². The number of hydrogen-bond donors (Lipinski definition) is 0. The van der Waals surface area contributed by atoms with Crippen LogP contribution in [-0.2, 0) is 6.54 Å². The van der Waals surface area contributed by atoms with Gasteiger partial charge in [0.05, 0.1) is 0 Å². The molecule has 1 amide bonds. The molecule has 0 N–H and O–H groups in total. The molecule has 0 radical (unpaired) electrons. The molecule has 4 nitrogen and oxygen atoms in total. The van der Waals surface area contributed by atoms with E-state index in [9.17, 15) is 4.79 Å². The Morgan fingerprint density at radius 3 is 2.50 bits per heavy atom. The highest BCUT2D eigenvalue weighted by Crippen LogP contribution is 2.18. The van der Waals surface area contributed by atoms with E-state index in [1.54, 1.807) is 6.07 Å². The van der Waals surface area contributed by atoms with Crippen molar-refractivity contribution in [1.82, 2.24) is 9.80 Å². The van der Waals surface area contributed by atoms with E-state index in [0.717, 1.165) is 36.0 Å². The Labute approximate surface area is 135 Å². The van der Waals surface area contributed by atoms with Gasteiger partial charge < -0.3 is 9.32 Å². The van der Waals surface area contributed by atoms with E-state index in [-0.39, 0.29) is 5.91 Å². The lowest BCUT2D eigenvalue weighted by Gasteiger charge is -2.34. The fraction of sp³-hybridized carbons (Fsp3) is 0.353. The zero-order chi connectivity index (χ0) is 15.5. The van der Waals surface area contributed by atoms with Crippen LogP contribution in [0.3, 0.4) is 0 Å². The van der Waals surface area contributed by atoms with E-state index in [1.165, 1.54) is 0 Å². The van der Waals surface area contributed by atoms with Gasteiger partial charge in [0, 0.05) is 37.7 Å². The molecular formula is C17H19ClN2O2. The van der Waals surface area contributed by atoms with Crippen LogP contribution < -0.4 is 0 Å². The van der Waals surface area contributed by atoms with Crippen molar-refractivity contribution in [1.29, 1.82) is 0 Å². The van der Waals surface area contributed by atoms with Gasteiger partial charge in [0.1, 0.15) is 5.76 Å². The first kappa shape index (κ1) is 15.1. The molecule has 1 aliphatic rings. The van der Waals surface area contributed by atoms with Crippen molar-refractivity contribution in [3.8, 4) is 0 Å². The molecule has 0 saturated carbocycles. The van der Waals surface area contributed by atoms with Gasteiger partial charge in [-0.3, -0.25) is 9.69 Å². The summed E-state index contributed by atoms with van der Waals surface area (Å²) in [5, 5.41) is 0.798. The summed E-state index contributed by atoms with van der Waals surface area (Å²) in [5.74, 6) is 1.17. The van der Waals surface area contributed by atoms with Crippen LogP contribution in [0.5, 0.6) is 0 Å². The number of halogens is 1. The van der Waals surface area contributed by atoms with Gasteiger partial charge in [-0.15, -0.1) is 0 Å². The minimum absolute atomic E-state index is 0.0227. The van der Waals surface area contributed by atoms with Crippen LogP contribution >= 0.6 is 11.6 Å². The molecule has 0 bridgehead atoms. The maximum atomic E-state index is 12.3. The Bertz CT molecular complexity index is 660. The average Bonchev–Trinajstić information content (AvgIpc) is 2.96. The van der Waals surface area contributed by atoms with E-state index in [1.807, 2.05) is 42.2 Å². The van der Waals surface area contributed by atoms with E-state index >= 15 is 0 Å². The van der Waals surface area contributed by atoms with E-state index in [0.29, 0.717) is 18.8 Å². The molecular weight excluding hydrogens is 300 g/mol. The van der Waals surface area contributed by atoms with E-state index in [2.05, 4.69) is 4.90 Å². The third-order valence-corrected chi connectivity index (χ3v) is 4.33. The lowest BCUT2D eigenvalue weighted by molar-refractivity contribution is 0.0596. The molecule has 0 aliphatic carbocycles. The van der Waals surface area contributed by atoms with Gasteiger partial charge in [0.25, 0.3) is 5.91 Å². The van der Waals surface area contributed by atoms with Crippen LogP contribution in [0.25, 0.3) is 0 Å². The summed E-state index contributed by atoms with van der Waals surface area (Å²) < 4.78 is 5.41. The summed E-state index contributed by atoms with van der Waals surface area (Å²) in [4.78, 5) is 16.5. The number of amides is 1. The third kappa shape index (κ3) is 3.34. The van der Waals surface area contributed by atoms with Crippen LogP contribution in [0.4, 0.5) is 0 Å². The second-order valence-electron chi connectivity index (χ2n) is 5.57. The topological polar surface area (TPSA) is 36.7 Å². The molecule has 3 rings (SSSR count). The molecule has 1 aromatic carbocycles. The first-order valence-electron chi connectivity index (χ1n) is 7.45. The molecule has 0 spiro atoms. The highest BCUT2D eigenvalue weighted by Gasteiger charge is 2.24. The van der Waals surface area contributed by atoms with E-state index < -0.39 is 0 Å². The minimum Gasteiger partial charge on any atom is -0.456 e. The molecule has 2 heterocycles. The number of hydrogen-bond acceptors (Lipinski definition) is 3. The van der Waals surface area contributed by atoms with Gasteiger partial charge in [-0.1, -0.05) is 29.8 Å². The molecule has 1 aromatic heterocycles. The van der Waals surface area contributed by atoms with Gasteiger partial charge in [0.15, 0.2) is 5.76 Å². The Balaban J connectivity index is 1.56. The number of benzene rings is 1. The Kier molecular flexibility index (Phi) is 4.50. The van der Waals surface area contributed by atoms with Crippen LogP contribution in [0.15, 0.2) is 40.8 Å². The van der Waals surface area contributed by atoms with Crippen molar-refractivity contribution in [2.45, 2.75) is 13.5 Å². The largest absolute Gasteiger partial charge is 0.456 e. The zero-order valence-electron chi connectivity index (χ0n) is 12.6. The summed E-state index contributed by atoms with van der Waals surface area (Å²) in [6.07, 6.45) is 0. The number of aryl methyl sites for hydroxylation is 1. The lowest BCUT2D eigenvalue weighted by Crippen LogP contribution is -2.48. The SMILES string of the molecule is Cc1ccc(C(=O)N2CCN(Cc3ccccc3Cl)CC2)o1. The molecule has 0 unspecified atom stereocenters. The predicted molar refractivity (Wildman–Crippen MR) is 86.1 cm³/mol. The van der Waals surface area contributed by atoms with Crippen molar-refractivity contribution < 1.29 is 9.21 Å². The average molecular weight is 319 g/mol. The molecule has 1 fully saturated rings. The highest BCUT2D eigenvalue weighted by atomic mass is 35.5. The molecule has 116 valence electrons. The molecule has 1 saturated heterocycles. The Morgan fingerprint density at radius 2 is 1.86 bits per heavy atom. The molecule has 22 heavy (non-hydrogen) atoms. The summed E-state index contributed by atoms with van der Waals surface area (Å²) in [6, 6.07) is 11.5. The Morgan fingerprint density at radius 1 is 1.14 bits per heavy atom. The highest BCUT2D eigenvalue weighted by molar-refractivity contribution is 6.31. The number of nitrogens with zero attached hydrogens (tertiary/aromatic N) is 2. The number of piperazine rings is 1. The van der Waals surface area contributed by atoms with Crippen molar-refractivity contribution in [3.05, 3.63) is 58.5 Å². The molecule has 1 aliphatic heterocycles. The van der Waals surface area contributed by atoms with Crippen molar-refractivity contribution in [2.75, 3.05) is 26.2 Å². The van der Waals surface area contributed by atoms with Crippen LogP contribution in [0, 0.1) is 6.92 Å². The second kappa shape index (κ2) is 6.55. The maximum absolute atomic E-state index is 12.3. The summed E-state index contributed by atoms with van der Waals surface area (Å²) in [7, 11) is 0. The van der Waals surface area contributed by atoms with Crippen LogP contribution in [0.1, 0.15) is 21.9 Å². The second-order valence-corrected chi connectivity index (χ2v) is 5.98. The number of furan rings is 1. The van der Waals surface area contributed by atoms with Gasteiger partial charge >= 0.3 is 0 Å². The third-order valence-electron chi connectivity index (χ3n) is 3.96. The first-order valence-corrected chi connectivity index (χ1v) is 7.83. The normalized spacial score (nSPS) is 16.0. The zero-order valence-corrected chi connectivity index (χ0v) is 13.3. The quantitative estimate of drug-likeness (QED) is 0.872. The monoisotopic (exact) mass is 318 g/mol.